The summed E-state index contributed by atoms with van der Waals surface area (Å²) >= 11 is 0. The first-order valence-corrected chi connectivity index (χ1v) is 9.53. The highest BCUT2D eigenvalue weighted by atomic mass is 16.5. The van der Waals surface area contributed by atoms with Gasteiger partial charge in [0, 0.05) is 32.6 Å². The lowest BCUT2D eigenvalue weighted by atomic mass is 9.98. The minimum Gasteiger partial charge on any atom is -0.508 e. The number of carbonyl (C=O) groups excluding carboxylic acids is 3. The van der Waals surface area contributed by atoms with Crippen LogP contribution < -0.4 is 5.32 Å². The van der Waals surface area contributed by atoms with E-state index in [2.05, 4.69) is 5.32 Å². The molecule has 0 spiro atoms. The fraction of sp³-hybridized carbons (Fsp3) is 0.526. The van der Waals surface area contributed by atoms with Gasteiger partial charge >= 0.3 is 6.03 Å². The molecule has 1 aromatic carbocycles. The van der Waals surface area contributed by atoms with Gasteiger partial charge in [-0.2, -0.15) is 0 Å². The van der Waals surface area contributed by atoms with Crippen molar-refractivity contribution in [3.63, 3.8) is 0 Å². The average Bonchev–Trinajstić information content (AvgIpc) is 2.73. The standard InChI is InChI=1S/C19H24N4O5/c24-14-3-1-13(2-4-14)11-15-18(26)23-6-5-22(12-16(23)17(25)20-15)19(27)21-7-9-28-10-8-21/h1-4,15-16,24H,5-12H2,(H,20,25)/t15-,16+/m0/s1. The summed E-state index contributed by atoms with van der Waals surface area (Å²) in [5.41, 5.74) is 0.857. The Morgan fingerprint density at radius 1 is 1.07 bits per heavy atom. The Labute approximate surface area is 162 Å². The van der Waals surface area contributed by atoms with Gasteiger partial charge in [-0.3, -0.25) is 9.59 Å². The second kappa shape index (κ2) is 7.67. The molecule has 150 valence electrons. The molecule has 0 aliphatic carbocycles. The molecule has 4 amide bonds. The summed E-state index contributed by atoms with van der Waals surface area (Å²) in [6, 6.07) is 5.21. The number of morpholine rings is 1. The van der Waals surface area contributed by atoms with E-state index in [9.17, 15) is 19.5 Å². The number of hydrogen-bond donors (Lipinski definition) is 2. The van der Waals surface area contributed by atoms with Crippen LogP contribution in [0.3, 0.4) is 0 Å². The molecule has 1 aromatic rings. The smallest absolute Gasteiger partial charge is 0.320 e. The summed E-state index contributed by atoms with van der Waals surface area (Å²) in [5.74, 6) is -0.206. The van der Waals surface area contributed by atoms with E-state index in [1.807, 2.05) is 0 Å². The van der Waals surface area contributed by atoms with Crippen molar-refractivity contribution in [3.8, 4) is 5.75 Å². The van der Waals surface area contributed by atoms with Crippen LogP contribution in [0, 0.1) is 0 Å². The van der Waals surface area contributed by atoms with Gasteiger partial charge in [0.2, 0.25) is 11.8 Å². The Bertz CT molecular complexity index is 762. The predicted octanol–water partition coefficient (Wildman–Crippen LogP) is -0.602. The number of hydrogen-bond acceptors (Lipinski definition) is 5. The van der Waals surface area contributed by atoms with Crippen LogP contribution in [0.4, 0.5) is 4.79 Å². The fourth-order valence-electron chi connectivity index (χ4n) is 3.94. The van der Waals surface area contributed by atoms with Crippen molar-refractivity contribution in [2.45, 2.75) is 18.5 Å². The van der Waals surface area contributed by atoms with Crippen LogP contribution in [0.25, 0.3) is 0 Å². The molecule has 3 aliphatic rings. The number of nitrogens with zero attached hydrogens (tertiary/aromatic N) is 3. The summed E-state index contributed by atoms with van der Waals surface area (Å²) in [4.78, 5) is 43.2. The molecule has 0 bridgehead atoms. The number of ether oxygens (including phenoxy) is 1. The highest BCUT2D eigenvalue weighted by Gasteiger charge is 2.44. The Hall–Kier alpha value is -2.81. The van der Waals surface area contributed by atoms with Gasteiger partial charge in [0.15, 0.2) is 0 Å². The second-order valence-corrected chi connectivity index (χ2v) is 7.31. The molecule has 3 saturated heterocycles. The average molecular weight is 388 g/mol. The van der Waals surface area contributed by atoms with Gasteiger partial charge in [0.1, 0.15) is 17.8 Å². The lowest BCUT2D eigenvalue weighted by molar-refractivity contribution is -0.152. The number of carbonyl (C=O) groups is 3. The molecule has 0 unspecified atom stereocenters. The second-order valence-electron chi connectivity index (χ2n) is 7.31. The third-order valence-corrected chi connectivity index (χ3v) is 5.51. The van der Waals surface area contributed by atoms with Crippen LogP contribution in [0.15, 0.2) is 24.3 Å². The van der Waals surface area contributed by atoms with E-state index < -0.39 is 12.1 Å². The number of nitrogens with one attached hydrogen (secondary N) is 1. The summed E-state index contributed by atoms with van der Waals surface area (Å²) < 4.78 is 5.28. The minimum atomic E-state index is -0.651. The topological polar surface area (TPSA) is 102 Å². The van der Waals surface area contributed by atoms with Gasteiger partial charge in [-0.15, -0.1) is 0 Å². The lowest BCUT2D eigenvalue weighted by Crippen LogP contribution is -2.70. The van der Waals surface area contributed by atoms with Crippen LogP contribution in [-0.2, 0) is 20.7 Å². The monoisotopic (exact) mass is 388 g/mol. The van der Waals surface area contributed by atoms with Crippen LogP contribution in [0.2, 0.25) is 0 Å². The minimum absolute atomic E-state index is 0.102. The maximum Gasteiger partial charge on any atom is 0.320 e. The molecule has 9 heteroatoms. The third-order valence-electron chi connectivity index (χ3n) is 5.51. The molecule has 2 N–H and O–H groups in total. The Balaban J connectivity index is 1.41. The SMILES string of the molecule is O=C1N[C@@H](Cc2ccc(O)cc2)C(=O)N2CCN(C(=O)N3CCOCC3)C[C@H]12. The zero-order valence-electron chi connectivity index (χ0n) is 15.5. The van der Waals surface area contributed by atoms with Crippen molar-refractivity contribution in [1.29, 1.82) is 0 Å². The van der Waals surface area contributed by atoms with Crippen molar-refractivity contribution in [2.24, 2.45) is 0 Å². The Morgan fingerprint density at radius 2 is 1.79 bits per heavy atom. The van der Waals surface area contributed by atoms with E-state index in [-0.39, 0.29) is 30.1 Å². The lowest BCUT2D eigenvalue weighted by Gasteiger charge is -2.46. The molecule has 3 aliphatic heterocycles. The Kier molecular flexibility index (Phi) is 5.08. The number of fused-ring (bicyclic) bond motifs is 1. The van der Waals surface area contributed by atoms with Gasteiger partial charge in [0.05, 0.1) is 19.8 Å². The summed E-state index contributed by atoms with van der Waals surface area (Å²) in [6.45, 7) is 3.10. The first-order chi connectivity index (χ1) is 13.5. The van der Waals surface area contributed by atoms with E-state index in [1.165, 1.54) is 0 Å². The van der Waals surface area contributed by atoms with Crippen molar-refractivity contribution < 1.29 is 24.2 Å². The quantitative estimate of drug-likeness (QED) is 0.704. The van der Waals surface area contributed by atoms with Crippen LogP contribution in [-0.4, -0.2) is 95.7 Å². The third kappa shape index (κ3) is 3.62. The molecule has 28 heavy (non-hydrogen) atoms. The number of phenolic OH excluding ortho intramolecular Hbond substituents is 1. The molecule has 3 heterocycles. The van der Waals surface area contributed by atoms with Crippen LogP contribution in [0.1, 0.15) is 5.56 Å². The van der Waals surface area contributed by atoms with E-state index >= 15 is 0 Å². The molecule has 0 radical (unpaired) electrons. The molecular weight excluding hydrogens is 364 g/mol. The molecule has 2 atom stereocenters. The van der Waals surface area contributed by atoms with Gasteiger partial charge in [-0.1, -0.05) is 12.1 Å². The zero-order chi connectivity index (χ0) is 19.7. The highest BCUT2D eigenvalue weighted by molar-refractivity contribution is 5.97. The molecule has 3 fully saturated rings. The van der Waals surface area contributed by atoms with E-state index in [1.54, 1.807) is 39.0 Å². The van der Waals surface area contributed by atoms with Gasteiger partial charge in [-0.25, -0.2) is 4.79 Å². The summed E-state index contributed by atoms with van der Waals surface area (Å²) in [5, 5.41) is 12.2. The normalized spacial score (nSPS) is 25.4. The van der Waals surface area contributed by atoms with Gasteiger partial charge < -0.3 is 29.9 Å². The van der Waals surface area contributed by atoms with Crippen LogP contribution >= 0.6 is 0 Å². The first-order valence-electron chi connectivity index (χ1n) is 9.53. The zero-order valence-corrected chi connectivity index (χ0v) is 15.5. The van der Waals surface area contributed by atoms with Crippen molar-refractivity contribution in [2.75, 3.05) is 45.9 Å². The number of phenols is 1. The molecular formula is C19H24N4O5. The summed E-state index contributed by atoms with van der Waals surface area (Å²) in [7, 11) is 0. The molecule has 0 aromatic heterocycles. The van der Waals surface area contributed by atoms with E-state index in [4.69, 9.17) is 4.74 Å². The van der Waals surface area contributed by atoms with Gasteiger partial charge in [-0.05, 0) is 17.7 Å². The number of piperazine rings is 2. The number of benzene rings is 1. The maximum atomic E-state index is 12.9. The van der Waals surface area contributed by atoms with Gasteiger partial charge in [0.25, 0.3) is 0 Å². The number of rotatable bonds is 2. The Morgan fingerprint density at radius 3 is 2.50 bits per heavy atom. The van der Waals surface area contributed by atoms with E-state index in [0.717, 1.165) is 5.56 Å². The molecule has 9 nitrogen and oxygen atoms in total. The summed E-state index contributed by atoms with van der Waals surface area (Å²) in [6.07, 6.45) is 0.366. The first kappa shape index (κ1) is 18.5. The number of urea groups is 1. The maximum absolute atomic E-state index is 12.9. The van der Waals surface area contributed by atoms with E-state index in [0.29, 0.717) is 45.8 Å². The number of amides is 4. The largest absolute Gasteiger partial charge is 0.508 e. The van der Waals surface area contributed by atoms with Crippen LogP contribution in [0.5, 0.6) is 5.75 Å². The van der Waals surface area contributed by atoms with Crippen molar-refractivity contribution in [1.82, 2.24) is 20.0 Å². The predicted molar refractivity (Wildman–Crippen MR) is 98.6 cm³/mol. The molecule has 0 saturated carbocycles. The fourth-order valence-corrected chi connectivity index (χ4v) is 3.94. The molecule has 4 rings (SSSR count). The highest BCUT2D eigenvalue weighted by Crippen LogP contribution is 2.20. The van der Waals surface area contributed by atoms with Crippen molar-refractivity contribution in [3.05, 3.63) is 29.8 Å². The van der Waals surface area contributed by atoms with Crippen molar-refractivity contribution >= 4 is 17.8 Å². The number of aromatic hydroxyl groups is 1.